The van der Waals surface area contributed by atoms with Crippen molar-refractivity contribution in [1.29, 1.82) is 0 Å². The van der Waals surface area contributed by atoms with Crippen molar-refractivity contribution in [1.82, 2.24) is 4.48 Å². The highest BCUT2D eigenvalue weighted by Gasteiger charge is 2.26. The molecule has 110 valence electrons. The van der Waals surface area contributed by atoms with Gasteiger partial charge in [-0.25, -0.2) is 4.57 Å². The second kappa shape index (κ2) is 8.00. The number of phosphoric acid groups is 1. The van der Waals surface area contributed by atoms with Gasteiger partial charge in [0.15, 0.2) is 5.69 Å². The van der Waals surface area contributed by atoms with Crippen LogP contribution in [0.5, 0.6) is 0 Å². The Morgan fingerprint density at radius 1 is 1.05 bits per heavy atom. The predicted molar refractivity (Wildman–Crippen MR) is 79.1 cm³/mol. The molecule has 0 aromatic heterocycles. The van der Waals surface area contributed by atoms with Gasteiger partial charge in [-0.15, -0.1) is 0 Å². The Morgan fingerprint density at radius 3 is 1.74 bits per heavy atom. The largest absolute Gasteiger partial charge is 0.466 e. The smallest absolute Gasteiger partial charge is 0.303 e. The first-order chi connectivity index (χ1) is 8.70. The fourth-order valence-corrected chi connectivity index (χ4v) is 2.33. The molecule has 7 heteroatoms. The van der Waals surface area contributed by atoms with E-state index in [1.54, 1.807) is 0 Å². The summed E-state index contributed by atoms with van der Waals surface area (Å²) >= 11 is 6.23. The molecule has 5 nitrogen and oxygen atoms in total. The number of hydrogen-bond donors (Lipinski definition) is 3. The average molecular weight is 311 g/mol. The summed E-state index contributed by atoms with van der Waals surface area (Å²) in [5.74, 6) is 0. The molecule has 0 spiro atoms. The van der Waals surface area contributed by atoms with Gasteiger partial charge >= 0.3 is 7.82 Å². The average Bonchev–Trinajstić information content (AvgIpc) is 2.32. The molecule has 1 aromatic rings. The van der Waals surface area contributed by atoms with Crippen LogP contribution in [0.3, 0.4) is 0 Å². The number of hydrogen-bond acceptors (Lipinski definition) is 1. The maximum absolute atomic E-state index is 8.88. The second-order valence-corrected chi connectivity index (χ2v) is 5.49. The lowest BCUT2D eigenvalue weighted by molar-refractivity contribution is 0.275. The fourth-order valence-electron chi connectivity index (χ4n) is 2.02. The van der Waals surface area contributed by atoms with Crippen molar-refractivity contribution in [2.45, 2.75) is 20.8 Å². The molecular formula is C12H22ClNO4P+. The molecule has 1 rings (SSSR count). The van der Waals surface area contributed by atoms with Crippen LogP contribution < -0.4 is 4.48 Å². The van der Waals surface area contributed by atoms with Gasteiger partial charge in [-0.05, 0) is 26.8 Å². The van der Waals surface area contributed by atoms with Crippen LogP contribution >= 0.6 is 19.4 Å². The van der Waals surface area contributed by atoms with Crippen LogP contribution in [0.4, 0.5) is 5.69 Å². The van der Waals surface area contributed by atoms with Crippen LogP contribution in [-0.2, 0) is 4.57 Å². The number of para-hydroxylation sites is 1. The molecular weight excluding hydrogens is 289 g/mol. The van der Waals surface area contributed by atoms with E-state index in [1.807, 2.05) is 12.1 Å². The minimum atomic E-state index is -4.64. The van der Waals surface area contributed by atoms with E-state index in [1.165, 1.54) is 5.69 Å². The first kappa shape index (κ1) is 18.6. The maximum atomic E-state index is 8.88. The highest BCUT2D eigenvalue weighted by Crippen LogP contribution is 2.30. The topological polar surface area (TPSA) is 77.8 Å². The van der Waals surface area contributed by atoms with E-state index in [4.69, 9.17) is 30.8 Å². The number of nitrogens with zero attached hydrogens (tertiary/aromatic N) is 1. The standard InChI is InChI=1S/C12H19ClN.H3O4P/c1-4-14(5-2,6-3)12-10-8-7-9-11(12)13;1-5(2,3)4/h7-10H,4-6H2,1-3H3;(H3,1,2,3,4)/q+1;. The molecule has 3 N–H and O–H groups in total. The van der Waals surface area contributed by atoms with E-state index in [2.05, 4.69) is 32.9 Å². The first-order valence-electron chi connectivity index (χ1n) is 6.09. The summed E-state index contributed by atoms with van der Waals surface area (Å²) in [6.45, 7) is 9.94. The van der Waals surface area contributed by atoms with Crippen molar-refractivity contribution in [3.63, 3.8) is 0 Å². The predicted octanol–water partition coefficient (Wildman–Crippen LogP) is 2.78. The molecule has 0 saturated carbocycles. The fraction of sp³-hybridized carbons (Fsp3) is 0.500. The van der Waals surface area contributed by atoms with Crippen molar-refractivity contribution in [2.24, 2.45) is 0 Å². The third-order valence-corrected chi connectivity index (χ3v) is 3.50. The van der Waals surface area contributed by atoms with E-state index < -0.39 is 7.82 Å². The van der Waals surface area contributed by atoms with Gasteiger partial charge in [-0.3, -0.25) is 4.48 Å². The Bertz CT molecular complexity index is 415. The Labute approximate surface area is 119 Å². The molecule has 0 amide bonds. The summed E-state index contributed by atoms with van der Waals surface area (Å²) in [6.07, 6.45) is 0. The van der Waals surface area contributed by atoms with Gasteiger partial charge in [0, 0.05) is 6.07 Å². The number of benzene rings is 1. The van der Waals surface area contributed by atoms with Crippen molar-refractivity contribution in [2.75, 3.05) is 19.6 Å². The summed E-state index contributed by atoms with van der Waals surface area (Å²) < 4.78 is 9.85. The Hall–Kier alpha value is -0.420. The number of quaternary nitrogens is 1. The summed E-state index contributed by atoms with van der Waals surface area (Å²) in [5.41, 5.74) is 1.25. The number of rotatable bonds is 4. The van der Waals surface area contributed by atoms with Crippen LogP contribution in [0, 0.1) is 0 Å². The van der Waals surface area contributed by atoms with E-state index in [0.29, 0.717) is 0 Å². The van der Waals surface area contributed by atoms with Crippen molar-refractivity contribution < 1.29 is 19.2 Å². The van der Waals surface area contributed by atoms with Crippen LogP contribution in [0.2, 0.25) is 5.02 Å². The highest BCUT2D eigenvalue weighted by molar-refractivity contribution is 7.45. The quantitative estimate of drug-likeness (QED) is 0.590. The molecule has 0 bridgehead atoms. The van der Waals surface area contributed by atoms with Gasteiger partial charge in [0.2, 0.25) is 0 Å². The summed E-state index contributed by atoms with van der Waals surface area (Å²) in [4.78, 5) is 21.6. The van der Waals surface area contributed by atoms with Crippen molar-refractivity contribution in [3.8, 4) is 0 Å². The lowest BCUT2D eigenvalue weighted by atomic mass is 10.2. The van der Waals surface area contributed by atoms with Gasteiger partial charge < -0.3 is 14.7 Å². The van der Waals surface area contributed by atoms with Crippen LogP contribution in [-0.4, -0.2) is 34.3 Å². The maximum Gasteiger partial charge on any atom is 0.466 e. The monoisotopic (exact) mass is 310 g/mol. The zero-order valence-corrected chi connectivity index (χ0v) is 13.1. The second-order valence-electron chi connectivity index (χ2n) is 4.06. The Balaban J connectivity index is 0.000000555. The van der Waals surface area contributed by atoms with Gasteiger partial charge in [0.05, 0.1) is 19.6 Å². The van der Waals surface area contributed by atoms with E-state index in [-0.39, 0.29) is 0 Å². The molecule has 0 fully saturated rings. The van der Waals surface area contributed by atoms with E-state index >= 15 is 0 Å². The molecule has 0 atom stereocenters. The molecule has 19 heavy (non-hydrogen) atoms. The highest BCUT2D eigenvalue weighted by atomic mass is 35.5. The lowest BCUT2D eigenvalue weighted by Crippen LogP contribution is -2.48. The molecule has 0 saturated heterocycles. The molecule has 0 unspecified atom stereocenters. The molecule has 0 radical (unpaired) electrons. The zero-order valence-electron chi connectivity index (χ0n) is 11.5. The van der Waals surface area contributed by atoms with Gasteiger partial charge in [0.1, 0.15) is 5.02 Å². The molecule has 0 aliphatic carbocycles. The molecule has 0 aliphatic rings. The molecule has 0 aliphatic heterocycles. The van der Waals surface area contributed by atoms with Gasteiger partial charge in [-0.1, -0.05) is 23.7 Å². The van der Waals surface area contributed by atoms with Crippen LogP contribution in [0.15, 0.2) is 24.3 Å². The summed E-state index contributed by atoms with van der Waals surface area (Å²) in [6, 6.07) is 8.17. The van der Waals surface area contributed by atoms with Crippen LogP contribution in [0.25, 0.3) is 0 Å². The molecule has 1 aromatic carbocycles. The Morgan fingerprint density at radius 2 is 1.42 bits per heavy atom. The first-order valence-corrected chi connectivity index (χ1v) is 8.04. The molecule has 0 heterocycles. The third-order valence-electron chi connectivity index (χ3n) is 3.18. The summed E-state index contributed by atoms with van der Waals surface area (Å²) in [7, 11) is -4.64. The van der Waals surface area contributed by atoms with Gasteiger partial charge in [-0.2, -0.15) is 0 Å². The SMILES string of the molecule is CC[N+](CC)(CC)c1ccccc1Cl.O=P(O)(O)O. The summed E-state index contributed by atoms with van der Waals surface area (Å²) in [5, 5.41) is 0.887. The minimum absolute atomic E-state index is 0.887. The van der Waals surface area contributed by atoms with Crippen LogP contribution in [0.1, 0.15) is 20.8 Å². The lowest BCUT2D eigenvalue weighted by Gasteiger charge is -2.35. The van der Waals surface area contributed by atoms with Crippen molar-refractivity contribution in [3.05, 3.63) is 29.3 Å². The Kier molecular flexibility index (Phi) is 7.82. The van der Waals surface area contributed by atoms with Crippen molar-refractivity contribution >= 4 is 25.1 Å². The number of halogens is 1. The zero-order chi connectivity index (χ0) is 15.1. The van der Waals surface area contributed by atoms with E-state index in [9.17, 15) is 0 Å². The van der Waals surface area contributed by atoms with E-state index in [0.717, 1.165) is 29.1 Å². The minimum Gasteiger partial charge on any atom is -0.303 e. The normalized spacial score (nSPS) is 11.7. The third kappa shape index (κ3) is 6.52. The van der Waals surface area contributed by atoms with Gasteiger partial charge in [0.25, 0.3) is 0 Å².